The second-order valence-corrected chi connectivity index (χ2v) is 7.91. The zero-order valence-corrected chi connectivity index (χ0v) is 18.9. The summed E-state index contributed by atoms with van der Waals surface area (Å²) in [6, 6.07) is 19.5. The Bertz CT molecular complexity index is 1250. The van der Waals surface area contributed by atoms with Crippen LogP contribution in [0.1, 0.15) is 27.1 Å². The van der Waals surface area contributed by atoms with E-state index in [9.17, 15) is 19.2 Å². The van der Waals surface area contributed by atoms with Gasteiger partial charge in [-0.05, 0) is 54.6 Å². The molecule has 1 fully saturated rings. The molecule has 0 aromatic heterocycles. The van der Waals surface area contributed by atoms with Crippen molar-refractivity contribution >= 4 is 40.9 Å². The number of benzene rings is 3. The van der Waals surface area contributed by atoms with Crippen LogP contribution in [0.4, 0.5) is 5.69 Å². The zero-order chi connectivity index (χ0) is 24.2. The fourth-order valence-corrected chi connectivity index (χ4v) is 3.80. The summed E-state index contributed by atoms with van der Waals surface area (Å²) in [5.41, 5.74) is 3.30. The largest absolute Gasteiger partial charge is 0.497 e. The first-order chi connectivity index (χ1) is 16.4. The lowest BCUT2D eigenvalue weighted by atomic mass is 10.1. The summed E-state index contributed by atoms with van der Waals surface area (Å²) in [4.78, 5) is 53.4. The van der Waals surface area contributed by atoms with Gasteiger partial charge in [-0.15, -0.1) is 0 Å². The third-order valence-electron chi connectivity index (χ3n) is 5.31. The first-order valence-corrected chi connectivity index (χ1v) is 10.7. The Kier molecular flexibility index (Phi) is 6.60. The Morgan fingerprint density at radius 3 is 2.29 bits per heavy atom. The molecule has 0 spiro atoms. The number of halogens is 1. The van der Waals surface area contributed by atoms with Crippen LogP contribution in [0, 0.1) is 0 Å². The maximum atomic E-state index is 13.4. The van der Waals surface area contributed by atoms with Crippen molar-refractivity contribution in [3.05, 3.63) is 95.0 Å². The highest BCUT2D eigenvalue weighted by Crippen LogP contribution is 2.28. The monoisotopic (exact) mass is 477 g/mol. The number of hydrogen-bond acceptors (Lipinski definition) is 5. The fraction of sp³-hybridized carbons (Fsp3) is 0.120. The number of methoxy groups -OCH3 is 1. The number of carbonyl (C=O) groups is 4. The van der Waals surface area contributed by atoms with E-state index in [2.05, 4.69) is 5.43 Å². The second kappa shape index (κ2) is 9.76. The highest BCUT2D eigenvalue weighted by atomic mass is 35.5. The molecule has 172 valence electrons. The topological polar surface area (TPSA) is 96.0 Å². The van der Waals surface area contributed by atoms with Crippen molar-refractivity contribution in [3.8, 4) is 5.75 Å². The number of amides is 4. The van der Waals surface area contributed by atoms with E-state index in [1.165, 1.54) is 19.2 Å². The quantitative estimate of drug-likeness (QED) is 0.448. The van der Waals surface area contributed by atoms with Crippen molar-refractivity contribution in [2.24, 2.45) is 0 Å². The van der Waals surface area contributed by atoms with Gasteiger partial charge in [0.05, 0.1) is 19.2 Å². The average Bonchev–Trinajstić information content (AvgIpc) is 3.15. The van der Waals surface area contributed by atoms with Crippen LogP contribution in [0.25, 0.3) is 0 Å². The predicted octanol–water partition coefficient (Wildman–Crippen LogP) is 3.47. The van der Waals surface area contributed by atoms with E-state index in [1.807, 2.05) is 0 Å². The van der Waals surface area contributed by atoms with E-state index in [1.54, 1.807) is 66.7 Å². The lowest BCUT2D eigenvalue weighted by molar-refractivity contribution is -0.122. The summed E-state index contributed by atoms with van der Waals surface area (Å²) in [5.74, 6) is -1.85. The molecule has 0 saturated carbocycles. The van der Waals surface area contributed by atoms with E-state index < -0.39 is 29.7 Å². The zero-order valence-electron chi connectivity index (χ0n) is 18.1. The van der Waals surface area contributed by atoms with Gasteiger partial charge in [-0.3, -0.25) is 24.6 Å². The Hall–Kier alpha value is -4.17. The molecular weight excluding hydrogens is 458 g/mol. The van der Waals surface area contributed by atoms with Gasteiger partial charge in [0.2, 0.25) is 5.91 Å². The molecule has 1 atom stereocenters. The number of anilines is 1. The molecule has 0 bridgehead atoms. The number of hydrogen-bond donors (Lipinski definition) is 1. The summed E-state index contributed by atoms with van der Waals surface area (Å²) >= 11 is 6.04. The van der Waals surface area contributed by atoms with E-state index in [4.69, 9.17) is 16.3 Å². The molecule has 1 N–H and O–H groups in total. The smallest absolute Gasteiger partial charge is 0.273 e. The van der Waals surface area contributed by atoms with E-state index in [0.717, 1.165) is 9.91 Å². The van der Waals surface area contributed by atoms with Crippen LogP contribution in [0.5, 0.6) is 5.75 Å². The van der Waals surface area contributed by atoms with Gasteiger partial charge < -0.3 is 4.74 Å². The molecule has 1 aliphatic heterocycles. The summed E-state index contributed by atoms with van der Waals surface area (Å²) in [6.07, 6.45) is -0.299. The van der Waals surface area contributed by atoms with Gasteiger partial charge >= 0.3 is 0 Å². The average molecular weight is 478 g/mol. The van der Waals surface area contributed by atoms with Crippen LogP contribution in [0.2, 0.25) is 5.02 Å². The Morgan fingerprint density at radius 1 is 0.971 bits per heavy atom. The van der Waals surface area contributed by atoms with Gasteiger partial charge in [0.25, 0.3) is 17.7 Å². The number of imide groups is 1. The lowest BCUT2D eigenvalue weighted by Crippen LogP contribution is -2.54. The first kappa shape index (κ1) is 23.0. The molecule has 1 heterocycles. The lowest BCUT2D eigenvalue weighted by Gasteiger charge is -2.28. The van der Waals surface area contributed by atoms with E-state index >= 15 is 0 Å². The van der Waals surface area contributed by atoms with Gasteiger partial charge in [0, 0.05) is 16.1 Å². The molecule has 0 aliphatic carbocycles. The number of nitrogens with one attached hydrogen (secondary N) is 1. The number of rotatable bonds is 5. The third-order valence-corrected chi connectivity index (χ3v) is 5.55. The van der Waals surface area contributed by atoms with Crippen LogP contribution in [-0.4, -0.2) is 41.8 Å². The molecule has 4 amide bonds. The maximum Gasteiger partial charge on any atom is 0.273 e. The Morgan fingerprint density at radius 2 is 1.65 bits per heavy atom. The van der Waals surface area contributed by atoms with Crippen LogP contribution in [0.15, 0.2) is 78.9 Å². The molecule has 9 heteroatoms. The summed E-state index contributed by atoms with van der Waals surface area (Å²) in [6.45, 7) is 0. The fourth-order valence-electron chi connectivity index (χ4n) is 3.61. The number of nitrogens with zero attached hydrogens (tertiary/aromatic N) is 2. The third kappa shape index (κ3) is 4.62. The van der Waals surface area contributed by atoms with E-state index in [0.29, 0.717) is 16.5 Å². The number of carbonyl (C=O) groups excluding carboxylic acids is 4. The van der Waals surface area contributed by atoms with Gasteiger partial charge in [-0.25, -0.2) is 9.91 Å². The van der Waals surface area contributed by atoms with Crippen LogP contribution in [-0.2, 0) is 9.59 Å². The van der Waals surface area contributed by atoms with Crippen LogP contribution < -0.4 is 15.1 Å². The van der Waals surface area contributed by atoms with Crippen molar-refractivity contribution in [1.29, 1.82) is 0 Å². The molecule has 1 saturated heterocycles. The molecule has 34 heavy (non-hydrogen) atoms. The van der Waals surface area contributed by atoms with Gasteiger partial charge in [-0.1, -0.05) is 35.9 Å². The SMILES string of the molecule is COc1ccc(N2C(=O)CC(N(NC(=O)c3ccccc3)C(=O)c3cccc(Cl)c3)C2=O)cc1. The molecular formula is C25H20ClN3O5. The standard InChI is InChI=1S/C25H20ClN3O5/c1-34-20-12-10-19(11-13-20)28-22(30)15-21(25(28)33)29(24(32)17-8-5-9-18(26)14-17)27-23(31)16-6-3-2-4-7-16/h2-14,21H,15H2,1H3,(H,27,31). The number of hydrazine groups is 1. The van der Waals surface area contributed by atoms with Crippen molar-refractivity contribution in [2.45, 2.75) is 12.5 Å². The van der Waals surface area contributed by atoms with Gasteiger partial charge in [0.15, 0.2) is 0 Å². The molecule has 0 radical (unpaired) electrons. The maximum absolute atomic E-state index is 13.4. The van der Waals surface area contributed by atoms with Crippen molar-refractivity contribution in [3.63, 3.8) is 0 Å². The Labute approximate surface area is 200 Å². The van der Waals surface area contributed by atoms with Crippen LogP contribution >= 0.6 is 11.6 Å². The Balaban J connectivity index is 1.67. The minimum absolute atomic E-state index is 0.156. The van der Waals surface area contributed by atoms with Crippen molar-refractivity contribution < 1.29 is 23.9 Å². The minimum Gasteiger partial charge on any atom is -0.497 e. The summed E-state index contributed by atoms with van der Waals surface area (Å²) in [7, 11) is 1.51. The summed E-state index contributed by atoms with van der Waals surface area (Å²) in [5, 5.41) is 1.22. The van der Waals surface area contributed by atoms with Crippen molar-refractivity contribution in [1.82, 2.24) is 10.4 Å². The molecule has 8 nitrogen and oxygen atoms in total. The molecule has 4 rings (SSSR count). The van der Waals surface area contributed by atoms with Gasteiger partial charge in [-0.2, -0.15) is 0 Å². The highest BCUT2D eigenvalue weighted by molar-refractivity contribution is 6.31. The predicted molar refractivity (Wildman–Crippen MR) is 125 cm³/mol. The van der Waals surface area contributed by atoms with E-state index in [-0.39, 0.29) is 17.5 Å². The molecule has 1 unspecified atom stereocenters. The second-order valence-electron chi connectivity index (χ2n) is 7.48. The molecule has 1 aliphatic rings. The molecule has 3 aromatic rings. The van der Waals surface area contributed by atoms with Gasteiger partial charge in [0.1, 0.15) is 11.8 Å². The van der Waals surface area contributed by atoms with Crippen LogP contribution in [0.3, 0.4) is 0 Å². The normalized spacial score (nSPS) is 15.2. The number of ether oxygens (including phenoxy) is 1. The summed E-state index contributed by atoms with van der Waals surface area (Å²) < 4.78 is 5.12. The first-order valence-electron chi connectivity index (χ1n) is 10.3. The highest BCUT2D eigenvalue weighted by Gasteiger charge is 2.45. The minimum atomic E-state index is -1.24. The molecule has 3 aromatic carbocycles. The van der Waals surface area contributed by atoms with Crippen molar-refractivity contribution in [2.75, 3.05) is 12.0 Å².